The van der Waals surface area contributed by atoms with Gasteiger partial charge in [-0.05, 0) is 19.8 Å². The predicted octanol–water partition coefficient (Wildman–Crippen LogP) is 4.15. The van der Waals surface area contributed by atoms with Crippen molar-refractivity contribution in [3.8, 4) is 0 Å². The van der Waals surface area contributed by atoms with Crippen molar-refractivity contribution in [2.24, 2.45) is 0 Å². The number of carboxylic acid groups (broad SMARTS) is 1. The molecular weight excluding hydrogens is 272 g/mol. The van der Waals surface area contributed by atoms with Crippen LogP contribution in [-0.4, -0.2) is 26.4 Å². The van der Waals surface area contributed by atoms with Crippen LogP contribution in [0.2, 0.25) is 0 Å². The molecule has 0 saturated heterocycles. The standard InChI is InChI=1S/C15H26N2O2S/c1-4-6-7-8-9-12(3)17-13(5-2)10-16-15(17)20-11-14(18)19/h10,12H,4-9,11H2,1-3H3,(H,18,19). The van der Waals surface area contributed by atoms with Crippen molar-refractivity contribution in [2.75, 3.05) is 5.75 Å². The first-order valence-corrected chi connectivity index (χ1v) is 8.49. The molecule has 0 aliphatic rings. The first-order valence-electron chi connectivity index (χ1n) is 7.50. The summed E-state index contributed by atoms with van der Waals surface area (Å²) in [5.74, 6) is -0.721. The number of aliphatic carboxylic acids is 1. The van der Waals surface area contributed by atoms with E-state index in [9.17, 15) is 4.79 Å². The van der Waals surface area contributed by atoms with Crippen LogP contribution in [0.5, 0.6) is 0 Å². The minimum absolute atomic E-state index is 0.0721. The Morgan fingerprint density at radius 1 is 1.40 bits per heavy atom. The highest BCUT2D eigenvalue weighted by molar-refractivity contribution is 7.99. The fourth-order valence-electron chi connectivity index (χ4n) is 2.34. The van der Waals surface area contributed by atoms with E-state index in [4.69, 9.17) is 5.11 Å². The first-order chi connectivity index (χ1) is 9.60. The van der Waals surface area contributed by atoms with Crippen molar-refractivity contribution in [3.63, 3.8) is 0 Å². The molecule has 0 aliphatic carbocycles. The molecule has 0 spiro atoms. The van der Waals surface area contributed by atoms with Gasteiger partial charge in [-0.15, -0.1) is 0 Å². The molecule has 1 aromatic rings. The van der Waals surface area contributed by atoms with Crippen LogP contribution in [0.4, 0.5) is 0 Å². The summed E-state index contributed by atoms with van der Waals surface area (Å²) in [6, 6.07) is 0.389. The lowest BCUT2D eigenvalue weighted by Gasteiger charge is -2.18. The van der Waals surface area contributed by atoms with E-state index in [0.717, 1.165) is 18.0 Å². The Balaban J connectivity index is 2.68. The number of unbranched alkanes of at least 4 members (excludes halogenated alkanes) is 3. The number of aryl methyl sites for hydroxylation is 1. The molecule has 0 aliphatic heterocycles. The zero-order valence-corrected chi connectivity index (χ0v) is 13.6. The highest BCUT2D eigenvalue weighted by Crippen LogP contribution is 2.26. The fraction of sp³-hybridized carbons (Fsp3) is 0.733. The summed E-state index contributed by atoms with van der Waals surface area (Å²) in [6.07, 6.45) is 8.97. The van der Waals surface area contributed by atoms with Crippen LogP contribution < -0.4 is 0 Å². The summed E-state index contributed by atoms with van der Waals surface area (Å²) >= 11 is 1.32. The van der Waals surface area contributed by atoms with Gasteiger partial charge >= 0.3 is 5.97 Å². The van der Waals surface area contributed by atoms with Gasteiger partial charge in [0.1, 0.15) is 0 Å². The van der Waals surface area contributed by atoms with Crippen molar-refractivity contribution in [1.29, 1.82) is 0 Å². The molecule has 0 amide bonds. The summed E-state index contributed by atoms with van der Waals surface area (Å²) in [5.41, 5.74) is 1.20. The van der Waals surface area contributed by atoms with Gasteiger partial charge in [-0.25, -0.2) is 4.98 Å². The Hall–Kier alpha value is -0.970. The molecule has 4 nitrogen and oxygen atoms in total. The summed E-state index contributed by atoms with van der Waals surface area (Å²) in [4.78, 5) is 15.1. The molecule has 0 saturated carbocycles. The second-order valence-corrected chi connectivity index (χ2v) is 6.08. The Kier molecular flexibility index (Phi) is 7.73. The summed E-state index contributed by atoms with van der Waals surface area (Å²) in [6.45, 7) is 6.54. The molecule has 20 heavy (non-hydrogen) atoms. The maximum Gasteiger partial charge on any atom is 0.313 e. The van der Waals surface area contributed by atoms with Gasteiger partial charge in [-0.2, -0.15) is 0 Å². The summed E-state index contributed by atoms with van der Waals surface area (Å²) < 4.78 is 2.22. The molecule has 5 heteroatoms. The second kappa shape index (κ2) is 9.06. The van der Waals surface area contributed by atoms with Gasteiger partial charge in [-0.1, -0.05) is 51.3 Å². The Morgan fingerprint density at radius 2 is 2.15 bits per heavy atom. The molecule has 1 unspecified atom stereocenters. The van der Waals surface area contributed by atoms with Gasteiger partial charge < -0.3 is 9.67 Å². The predicted molar refractivity (Wildman–Crippen MR) is 83.4 cm³/mol. The normalized spacial score (nSPS) is 12.6. The molecule has 0 aromatic carbocycles. The van der Waals surface area contributed by atoms with Crippen molar-refractivity contribution >= 4 is 17.7 Å². The minimum Gasteiger partial charge on any atom is -0.481 e. The average molecular weight is 298 g/mol. The van der Waals surface area contributed by atoms with Gasteiger partial charge in [0.25, 0.3) is 0 Å². The smallest absolute Gasteiger partial charge is 0.313 e. The van der Waals surface area contributed by atoms with E-state index in [1.54, 1.807) is 0 Å². The van der Waals surface area contributed by atoms with Crippen LogP contribution in [0, 0.1) is 0 Å². The molecule has 1 atom stereocenters. The lowest BCUT2D eigenvalue weighted by atomic mass is 10.1. The molecule has 114 valence electrons. The number of thioether (sulfide) groups is 1. The minimum atomic E-state index is -0.793. The number of carbonyl (C=O) groups is 1. The largest absolute Gasteiger partial charge is 0.481 e. The van der Waals surface area contributed by atoms with Crippen LogP contribution in [0.3, 0.4) is 0 Å². The van der Waals surface area contributed by atoms with Gasteiger partial charge in [-0.3, -0.25) is 4.79 Å². The highest BCUT2D eigenvalue weighted by atomic mass is 32.2. The molecule has 1 N–H and O–H groups in total. The molecule has 1 rings (SSSR count). The number of carboxylic acids is 1. The SMILES string of the molecule is CCCCCCC(C)n1c(CC)cnc1SCC(=O)O. The topological polar surface area (TPSA) is 55.1 Å². The zero-order chi connectivity index (χ0) is 15.0. The lowest BCUT2D eigenvalue weighted by Crippen LogP contribution is -2.11. The molecule has 0 fully saturated rings. The van der Waals surface area contributed by atoms with E-state index >= 15 is 0 Å². The first kappa shape index (κ1) is 17.1. The lowest BCUT2D eigenvalue weighted by molar-refractivity contribution is -0.133. The molecule has 1 aromatic heterocycles. The second-order valence-electron chi connectivity index (χ2n) is 5.14. The monoisotopic (exact) mass is 298 g/mol. The zero-order valence-electron chi connectivity index (χ0n) is 12.8. The van der Waals surface area contributed by atoms with Gasteiger partial charge in [0.15, 0.2) is 5.16 Å². The summed E-state index contributed by atoms with van der Waals surface area (Å²) in [5, 5.41) is 9.65. The van der Waals surface area contributed by atoms with Crippen LogP contribution >= 0.6 is 11.8 Å². The quantitative estimate of drug-likeness (QED) is 0.520. The Labute approximate surface area is 126 Å². The van der Waals surface area contributed by atoms with E-state index in [0.29, 0.717) is 6.04 Å². The number of hydrogen-bond donors (Lipinski definition) is 1. The third-order valence-corrected chi connectivity index (χ3v) is 4.39. The fourth-order valence-corrected chi connectivity index (χ4v) is 3.16. The van der Waals surface area contributed by atoms with Gasteiger partial charge in [0.2, 0.25) is 0 Å². The van der Waals surface area contributed by atoms with E-state index in [1.807, 2.05) is 6.20 Å². The van der Waals surface area contributed by atoms with Crippen LogP contribution in [-0.2, 0) is 11.2 Å². The maximum atomic E-state index is 10.7. The molecular formula is C15H26N2O2S. The molecule has 0 radical (unpaired) electrons. The highest BCUT2D eigenvalue weighted by Gasteiger charge is 2.15. The number of nitrogens with zero attached hydrogens (tertiary/aromatic N) is 2. The molecule has 1 heterocycles. The van der Waals surface area contributed by atoms with E-state index in [1.165, 1.54) is 43.1 Å². The van der Waals surface area contributed by atoms with Crippen LogP contribution in [0.25, 0.3) is 0 Å². The van der Waals surface area contributed by atoms with Crippen LogP contribution in [0.15, 0.2) is 11.4 Å². The number of aromatic nitrogens is 2. The van der Waals surface area contributed by atoms with Crippen molar-refractivity contribution < 1.29 is 9.90 Å². The average Bonchev–Trinajstić information content (AvgIpc) is 2.84. The third kappa shape index (κ3) is 5.19. The summed E-state index contributed by atoms with van der Waals surface area (Å²) in [7, 11) is 0. The van der Waals surface area contributed by atoms with E-state index < -0.39 is 5.97 Å². The Bertz CT molecular complexity index is 418. The Morgan fingerprint density at radius 3 is 2.75 bits per heavy atom. The maximum absolute atomic E-state index is 10.7. The van der Waals surface area contributed by atoms with Gasteiger partial charge in [0.05, 0.1) is 5.75 Å². The van der Waals surface area contributed by atoms with Crippen molar-refractivity contribution in [1.82, 2.24) is 9.55 Å². The van der Waals surface area contributed by atoms with Gasteiger partial charge in [0, 0.05) is 17.9 Å². The van der Waals surface area contributed by atoms with E-state index in [-0.39, 0.29) is 5.75 Å². The van der Waals surface area contributed by atoms with E-state index in [2.05, 4.69) is 30.3 Å². The van der Waals surface area contributed by atoms with Crippen molar-refractivity contribution in [3.05, 3.63) is 11.9 Å². The van der Waals surface area contributed by atoms with Crippen molar-refractivity contribution in [2.45, 2.75) is 70.5 Å². The number of imidazole rings is 1. The number of rotatable bonds is 10. The third-order valence-electron chi connectivity index (χ3n) is 3.44. The number of hydrogen-bond acceptors (Lipinski definition) is 3. The molecule has 0 bridgehead atoms. The van der Waals surface area contributed by atoms with Crippen LogP contribution in [0.1, 0.15) is 64.6 Å².